The number of nitrogens with one attached hydrogen (secondary N) is 1. The normalized spacial score (nSPS) is 23.9. The predicted octanol–water partition coefficient (Wildman–Crippen LogP) is 3.18. The summed E-state index contributed by atoms with van der Waals surface area (Å²) in [4.78, 5) is 4.82. The van der Waals surface area contributed by atoms with E-state index in [0.29, 0.717) is 12.0 Å². The number of aryl methyl sites for hydroxylation is 1. The highest BCUT2D eigenvalue weighted by Crippen LogP contribution is 2.32. The number of imidazole rings is 1. The van der Waals surface area contributed by atoms with E-state index in [4.69, 9.17) is 16.6 Å². The summed E-state index contributed by atoms with van der Waals surface area (Å²) in [5.74, 6) is 1.67. The maximum atomic E-state index is 6.32. The molecule has 3 rings (SSSR count). The second-order valence-electron chi connectivity index (χ2n) is 4.96. The molecule has 0 bridgehead atoms. The third-order valence-corrected chi connectivity index (χ3v) is 4.23. The lowest BCUT2D eigenvalue weighted by Gasteiger charge is -2.16. The number of fused-ring (bicyclic) bond motifs is 1. The Morgan fingerprint density at radius 3 is 3.00 bits per heavy atom. The van der Waals surface area contributed by atoms with Crippen LogP contribution >= 0.6 is 11.6 Å². The van der Waals surface area contributed by atoms with E-state index in [1.807, 2.05) is 18.2 Å². The van der Waals surface area contributed by atoms with E-state index in [-0.39, 0.29) is 0 Å². The lowest BCUT2D eigenvalue weighted by molar-refractivity contribution is 0.542. The monoisotopic (exact) mass is 263 g/mol. The maximum Gasteiger partial charge on any atom is 0.114 e. The SMILES string of the molecule is CCn1c(C2CCNC2C)nc2cccc(Cl)c21. The summed E-state index contributed by atoms with van der Waals surface area (Å²) in [6.07, 6.45) is 1.15. The van der Waals surface area contributed by atoms with Gasteiger partial charge in [-0.3, -0.25) is 0 Å². The minimum absolute atomic E-state index is 0.492. The summed E-state index contributed by atoms with van der Waals surface area (Å²) in [5.41, 5.74) is 2.09. The Kier molecular flexibility index (Phi) is 3.04. The molecule has 3 nitrogen and oxygen atoms in total. The van der Waals surface area contributed by atoms with Gasteiger partial charge in [-0.25, -0.2) is 4.98 Å². The van der Waals surface area contributed by atoms with Crippen molar-refractivity contribution in [1.82, 2.24) is 14.9 Å². The van der Waals surface area contributed by atoms with Crippen molar-refractivity contribution in [2.45, 2.75) is 38.8 Å². The minimum Gasteiger partial charge on any atom is -0.327 e. The first kappa shape index (κ1) is 12.0. The molecule has 1 aliphatic rings. The van der Waals surface area contributed by atoms with Gasteiger partial charge in [0.2, 0.25) is 0 Å². The van der Waals surface area contributed by atoms with Crippen LogP contribution in [0.3, 0.4) is 0 Å². The molecule has 1 aliphatic heterocycles. The van der Waals surface area contributed by atoms with Crippen LogP contribution in [0.2, 0.25) is 5.02 Å². The molecule has 2 atom stereocenters. The van der Waals surface area contributed by atoms with Gasteiger partial charge < -0.3 is 9.88 Å². The zero-order valence-electron chi connectivity index (χ0n) is 10.8. The molecule has 1 aromatic carbocycles. The molecule has 2 heterocycles. The van der Waals surface area contributed by atoms with E-state index < -0.39 is 0 Å². The molecule has 18 heavy (non-hydrogen) atoms. The summed E-state index contributed by atoms with van der Waals surface area (Å²) in [6, 6.07) is 6.45. The highest BCUT2D eigenvalue weighted by molar-refractivity contribution is 6.35. The van der Waals surface area contributed by atoms with Crippen LogP contribution in [0.1, 0.15) is 32.0 Å². The van der Waals surface area contributed by atoms with Crippen LogP contribution in [0.15, 0.2) is 18.2 Å². The fourth-order valence-electron chi connectivity index (χ4n) is 2.97. The molecular weight excluding hydrogens is 246 g/mol. The highest BCUT2D eigenvalue weighted by Gasteiger charge is 2.29. The third kappa shape index (κ3) is 1.73. The molecule has 1 saturated heterocycles. The zero-order chi connectivity index (χ0) is 12.7. The smallest absolute Gasteiger partial charge is 0.114 e. The first-order chi connectivity index (χ1) is 8.72. The van der Waals surface area contributed by atoms with Crippen molar-refractivity contribution < 1.29 is 0 Å². The van der Waals surface area contributed by atoms with Gasteiger partial charge in [0.15, 0.2) is 0 Å². The zero-order valence-corrected chi connectivity index (χ0v) is 11.5. The molecule has 0 spiro atoms. The van der Waals surface area contributed by atoms with Crippen molar-refractivity contribution in [2.75, 3.05) is 6.54 Å². The molecular formula is C14H18ClN3. The van der Waals surface area contributed by atoms with Crippen LogP contribution < -0.4 is 5.32 Å². The molecule has 1 N–H and O–H groups in total. The Morgan fingerprint density at radius 1 is 1.50 bits per heavy atom. The predicted molar refractivity (Wildman–Crippen MR) is 75.2 cm³/mol. The van der Waals surface area contributed by atoms with Gasteiger partial charge in [0.1, 0.15) is 5.82 Å². The molecule has 1 fully saturated rings. The fraction of sp³-hybridized carbons (Fsp3) is 0.500. The van der Waals surface area contributed by atoms with Gasteiger partial charge in [-0.15, -0.1) is 0 Å². The Balaban J connectivity index is 2.20. The summed E-state index contributed by atoms with van der Waals surface area (Å²) < 4.78 is 2.27. The van der Waals surface area contributed by atoms with E-state index in [1.54, 1.807) is 0 Å². The molecule has 2 unspecified atom stereocenters. The Hall–Kier alpha value is -1.06. The van der Waals surface area contributed by atoms with E-state index in [0.717, 1.165) is 35.6 Å². The maximum absolute atomic E-state index is 6.32. The molecule has 0 saturated carbocycles. The van der Waals surface area contributed by atoms with Gasteiger partial charge in [0.25, 0.3) is 0 Å². The summed E-state index contributed by atoms with van der Waals surface area (Å²) in [7, 11) is 0. The Bertz CT molecular complexity index is 576. The first-order valence-corrected chi connectivity index (χ1v) is 6.98. The minimum atomic E-state index is 0.492. The number of para-hydroxylation sites is 1. The van der Waals surface area contributed by atoms with Crippen molar-refractivity contribution in [1.29, 1.82) is 0 Å². The largest absolute Gasteiger partial charge is 0.327 e. The molecule has 0 amide bonds. The summed E-state index contributed by atoms with van der Waals surface area (Å²) >= 11 is 6.32. The number of aromatic nitrogens is 2. The molecule has 2 aromatic rings. The van der Waals surface area contributed by atoms with E-state index >= 15 is 0 Å². The van der Waals surface area contributed by atoms with Crippen molar-refractivity contribution in [3.05, 3.63) is 29.0 Å². The van der Waals surface area contributed by atoms with Crippen LogP contribution in [0.5, 0.6) is 0 Å². The highest BCUT2D eigenvalue weighted by atomic mass is 35.5. The van der Waals surface area contributed by atoms with Crippen molar-refractivity contribution in [3.63, 3.8) is 0 Å². The van der Waals surface area contributed by atoms with Crippen LogP contribution in [0.25, 0.3) is 11.0 Å². The topological polar surface area (TPSA) is 29.9 Å². The third-order valence-electron chi connectivity index (χ3n) is 3.92. The van der Waals surface area contributed by atoms with Crippen LogP contribution in [0.4, 0.5) is 0 Å². The lowest BCUT2D eigenvalue weighted by Crippen LogP contribution is -2.23. The van der Waals surface area contributed by atoms with E-state index in [1.165, 1.54) is 5.82 Å². The quantitative estimate of drug-likeness (QED) is 0.902. The van der Waals surface area contributed by atoms with Gasteiger partial charge in [0, 0.05) is 18.5 Å². The van der Waals surface area contributed by atoms with Crippen molar-refractivity contribution in [2.24, 2.45) is 0 Å². The fourth-order valence-corrected chi connectivity index (χ4v) is 3.25. The molecule has 1 aromatic heterocycles. The average Bonchev–Trinajstić information content (AvgIpc) is 2.92. The standard InChI is InChI=1S/C14H18ClN3/c1-3-18-13-11(15)5-4-6-12(13)17-14(18)10-7-8-16-9(10)2/h4-6,9-10,16H,3,7-8H2,1-2H3. The van der Waals surface area contributed by atoms with Gasteiger partial charge in [-0.1, -0.05) is 17.7 Å². The first-order valence-electron chi connectivity index (χ1n) is 6.60. The number of hydrogen-bond donors (Lipinski definition) is 1. The molecule has 0 aliphatic carbocycles. The Labute approximate surface area is 112 Å². The number of rotatable bonds is 2. The van der Waals surface area contributed by atoms with Gasteiger partial charge in [-0.2, -0.15) is 0 Å². The van der Waals surface area contributed by atoms with Crippen molar-refractivity contribution in [3.8, 4) is 0 Å². The number of nitrogens with zero attached hydrogens (tertiary/aromatic N) is 2. The van der Waals surface area contributed by atoms with Gasteiger partial charge in [0.05, 0.1) is 16.1 Å². The van der Waals surface area contributed by atoms with Crippen LogP contribution in [-0.4, -0.2) is 22.1 Å². The Morgan fingerprint density at radius 2 is 2.33 bits per heavy atom. The van der Waals surface area contributed by atoms with Crippen molar-refractivity contribution >= 4 is 22.6 Å². The number of hydrogen-bond acceptors (Lipinski definition) is 2. The van der Waals surface area contributed by atoms with Gasteiger partial charge in [-0.05, 0) is 38.9 Å². The average molecular weight is 264 g/mol. The number of benzene rings is 1. The van der Waals surface area contributed by atoms with Crippen LogP contribution in [0, 0.1) is 0 Å². The van der Waals surface area contributed by atoms with E-state index in [2.05, 4.69) is 23.7 Å². The molecule has 4 heteroatoms. The molecule has 96 valence electrons. The summed E-state index contributed by atoms with van der Waals surface area (Å²) in [5, 5.41) is 4.29. The molecule has 0 radical (unpaired) electrons. The second kappa shape index (κ2) is 4.56. The second-order valence-corrected chi connectivity index (χ2v) is 5.37. The number of halogens is 1. The van der Waals surface area contributed by atoms with E-state index in [9.17, 15) is 0 Å². The summed E-state index contributed by atoms with van der Waals surface area (Å²) in [6.45, 7) is 6.38. The van der Waals surface area contributed by atoms with Gasteiger partial charge >= 0.3 is 0 Å². The lowest BCUT2D eigenvalue weighted by atomic mass is 10.0. The van der Waals surface area contributed by atoms with Crippen LogP contribution in [-0.2, 0) is 6.54 Å².